The van der Waals surface area contributed by atoms with Gasteiger partial charge in [-0.1, -0.05) is 31.2 Å². The summed E-state index contributed by atoms with van der Waals surface area (Å²) in [5.41, 5.74) is 4.18. The molecule has 2 aliphatic heterocycles. The largest absolute Gasteiger partial charge is 0.507 e. The first-order valence-electron chi connectivity index (χ1n) is 12.2. The number of aliphatic hydroxyl groups excluding tert-OH is 1. The predicted octanol–water partition coefficient (Wildman–Crippen LogP) is 5.26. The maximum Gasteiger partial charge on any atom is 0.300 e. The van der Waals surface area contributed by atoms with Crippen molar-refractivity contribution in [2.24, 2.45) is 0 Å². The van der Waals surface area contributed by atoms with Crippen molar-refractivity contribution in [2.75, 3.05) is 22.9 Å². The molecule has 1 N–H and O–H groups in total. The van der Waals surface area contributed by atoms with Gasteiger partial charge in [-0.15, -0.1) is 0 Å². The Morgan fingerprint density at radius 2 is 1.51 bits per heavy atom. The van der Waals surface area contributed by atoms with E-state index in [1.54, 1.807) is 36.7 Å². The number of aliphatic hydroxyl groups is 1. The summed E-state index contributed by atoms with van der Waals surface area (Å²) in [6, 6.07) is 18.0. The van der Waals surface area contributed by atoms with Crippen LogP contribution in [-0.4, -0.2) is 34.9 Å². The van der Waals surface area contributed by atoms with Crippen molar-refractivity contribution in [3.63, 3.8) is 0 Å². The van der Waals surface area contributed by atoms with Crippen LogP contribution in [-0.2, 0) is 16.0 Å². The van der Waals surface area contributed by atoms with Gasteiger partial charge in [0, 0.05) is 42.4 Å². The van der Waals surface area contributed by atoms with Gasteiger partial charge in [-0.2, -0.15) is 0 Å². The van der Waals surface area contributed by atoms with Crippen molar-refractivity contribution in [1.82, 2.24) is 4.98 Å². The van der Waals surface area contributed by atoms with Crippen LogP contribution in [0.1, 0.15) is 48.9 Å². The van der Waals surface area contributed by atoms with E-state index < -0.39 is 17.7 Å². The van der Waals surface area contributed by atoms with Gasteiger partial charge in [0.1, 0.15) is 5.76 Å². The molecule has 0 radical (unpaired) electrons. The molecule has 0 saturated carbocycles. The minimum Gasteiger partial charge on any atom is -0.507 e. The summed E-state index contributed by atoms with van der Waals surface area (Å²) in [5.74, 6) is -1.51. The number of aryl methyl sites for hydroxylation is 1. The molecule has 35 heavy (non-hydrogen) atoms. The SMILES string of the molecule is CCc1ccc(/C(O)=C2\C(=O)C(=O)N(c3ccc(N4CCCCC4)cc3)C2c2ccncc2)cc1. The van der Waals surface area contributed by atoms with Crippen molar-refractivity contribution >= 4 is 28.8 Å². The number of Topliss-reactive ketones (excluding diaryl/α,β-unsaturated/α-hetero) is 1. The topological polar surface area (TPSA) is 73.7 Å². The maximum absolute atomic E-state index is 13.3. The zero-order chi connectivity index (χ0) is 24.4. The van der Waals surface area contributed by atoms with Gasteiger partial charge in [-0.3, -0.25) is 19.5 Å². The minimum absolute atomic E-state index is 0.0885. The lowest BCUT2D eigenvalue weighted by atomic mass is 9.95. The van der Waals surface area contributed by atoms with Gasteiger partial charge in [0.25, 0.3) is 11.7 Å². The van der Waals surface area contributed by atoms with Crippen LogP contribution in [0.2, 0.25) is 0 Å². The fourth-order valence-corrected chi connectivity index (χ4v) is 4.99. The van der Waals surface area contributed by atoms with Gasteiger partial charge in [0.05, 0.1) is 11.6 Å². The number of pyridine rings is 1. The normalized spacial score (nSPS) is 19.9. The van der Waals surface area contributed by atoms with Crippen LogP contribution in [0.25, 0.3) is 5.76 Å². The average molecular weight is 468 g/mol. The highest BCUT2D eigenvalue weighted by Crippen LogP contribution is 2.42. The van der Waals surface area contributed by atoms with E-state index in [4.69, 9.17) is 0 Å². The third kappa shape index (κ3) is 4.32. The van der Waals surface area contributed by atoms with E-state index in [1.807, 2.05) is 36.4 Å². The molecule has 5 rings (SSSR count). The zero-order valence-corrected chi connectivity index (χ0v) is 19.9. The third-order valence-electron chi connectivity index (χ3n) is 6.95. The van der Waals surface area contributed by atoms with Gasteiger partial charge in [0.15, 0.2) is 0 Å². The lowest BCUT2D eigenvalue weighted by molar-refractivity contribution is -0.132. The molecule has 1 atom stereocenters. The number of carbonyl (C=O) groups is 2. The van der Waals surface area contributed by atoms with Gasteiger partial charge in [0.2, 0.25) is 0 Å². The standard InChI is InChI=1S/C29H29N3O3/c1-2-20-6-8-22(9-7-20)27(33)25-26(21-14-16-30-17-15-21)32(29(35)28(25)34)24-12-10-23(11-13-24)31-18-4-3-5-19-31/h6-17,26,33H,2-5,18-19H2,1H3/b27-25+. The number of aromatic nitrogens is 1. The first kappa shape index (κ1) is 22.8. The highest BCUT2D eigenvalue weighted by atomic mass is 16.3. The minimum atomic E-state index is -0.746. The molecule has 6 nitrogen and oxygen atoms in total. The van der Waals surface area contributed by atoms with Crippen molar-refractivity contribution in [3.8, 4) is 0 Å². The molecular weight excluding hydrogens is 438 g/mol. The lowest BCUT2D eigenvalue weighted by Crippen LogP contribution is -2.30. The number of carbonyl (C=O) groups excluding carboxylic acids is 2. The van der Waals surface area contributed by atoms with Crippen LogP contribution >= 0.6 is 0 Å². The summed E-state index contributed by atoms with van der Waals surface area (Å²) in [5, 5.41) is 11.2. The van der Waals surface area contributed by atoms with E-state index in [9.17, 15) is 14.7 Å². The Bertz CT molecular complexity index is 1240. The molecule has 2 fully saturated rings. The van der Waals surface area contributed by atoms with Crippen molar-refractivity contribution < 1.29 is 14.7 Å². The number of rotatable bonds is 5. The fourth-order valence-electron chi connectivity index (χ4n) is 4.99. The molecule has 1 aromatic heterocycles. The Balaban J connectivity index is 1.58. The zero-order valence-electron chi connectivity index (χ0n) is 19.9. The molecule has 3 aromatic rings. The van der Waals surface area contributed by atoms with Crippen LogP contribution in [0.5, 0.6) is 0 Å². The third-order valence-corrected chi connectivity index (χ3v) is 6.95. The molecule has 6 heteroatoms. The first-order valence-corrected chi connectivity index (χ1v) is 12.2. The van der Waals surface area contributed by atoms with Gasteiger partial charge in [-0.05, 0) is 73.2 Å². The van der Waals surface area contributed by atoms with Crippen molar-refractivity contribution in [2.45, 2.75) is 38.6 Å². The van der Waals surface area contributed by atoms with E-state index in [2.05, 4.69) is 16.8 Å². The van der Waals surface area contributed by atoms with Crippen LogP contribution in [0, 0.1) is 0 Å². The number of ketones is 1. The van der Waals surface area contributed by atoms with Crippen molar-refractivity contribution in [3.05, 3.63) is 95.3 Å². The van der Waals surface area contributed by atoms with E-state index in [0.29, 0.717) is 16.8 Å². The molecule has 1 unspecified atom stereocenters. The lowest BCUT2D eigenvalue weighted by Gasteiger charge is -2.30. The Hall–Kier alpha value is -3.93. The van der Waals surface area contributed by atoms with Gasteiger partial charge < -0.3 is 10.0 Å². The smallest absolute Gasteiger partial charge is 0.300 e. The van der Waals surface area contributed by atoms with Gasteiger partial charge in [-0.25, -0.2) is 0 Å². The number of hydrogen-bond acceptors (Lipinski definition) is 5. The highest BCUT2D eigenvalue weighted by Gasteiger charge is 2.47. The summed E-state index contributed by atoms with van der Waals surface area (Å²) < 4.78 is 0. The molecule has 0 bridgehead atoms. The highest BCUT2D eigenvalue weighted by molar-refractivity contribution is 6.51. The second-order valence-electron chi connectivity index (χ2n) is 9.06. The summed E-state index contributed by atoms with van der Waals surface area (Å²) in [6.45, 7) is 4.11. The molecule has 2 aliphatic rings. The first-order chi connectivity index (χ1) is 17.1. The monoisotopic (exact) mass is 467 g/mol. The Labute approximate surface area is 205 Å². The molecule has 0 aliphatic carbocycles. The Morgan fingerprint density at radius 1 is 0.886 bits per heavy atom. The second-order valence-corrected chi connectivity index (χ2v) is 9.06. The fraction of sp³-hybridized carbons (Fsp3) is 0.276. The molecule has 2 saturated heterocycles. The van der Waals surface area contributed by atoms with E-state index in [1.165, 1.54) is 24.2 Å². The summed E-state index contributed by atoms with van der Waals surface area (Å²) >= 11 is 0. The molecular formula is C29H29N3O3. The maximum atomic E-state index is 13.3. The summed E-state index contributed by atoms with van der Waals surface area (Å²) in [4.78, 5) is 34.5. The van der Waals surface area contributed by atoms with Crippen molar-refractivity contribution in [1.29, 1.82) is 0 Å². The Kier molecular flexibility index (Phi) is 6.36. The van der Waals surface area contributed by atoms with Crippen LogP contribution < -0.4 is 9.80 Å². The van der Waals surface area contributed by atoms with Crippen LogP contribution in [0.3, 0.4) is 0 Å². The number of nitrogens with zero attached hydrogens (tertiary/aromatic N) is 3. The average Bonchev–Trinajstić information content (AvgIpc) is 3.19. The summed E-state index contributed by atoms with van der Waals surface area (Å²) in [7, 11) is 0. The van der Waals surface area contributed by atoms with E-state index in [-0.39, 0.29) is 11.3 Å². The van der Waals surface area contributed by atoms with Gasteiger partial charge >= 0.3 is 0 Å². The summed E-state index contributed by atoms with van der Waals surface area (Å²) in [6.07, 6.45) is 7.74. The molecule has 2 aromatic carbocycles. The number of piperidine rings is 1. The molecule has 3 heterocycles. The molecule has 0 spiro atoms. The van der Waals surface area contributed by atoms with Crippen LogP contribution in [0.15, 0.2) is 78.6 Å². The molecule has 178 valence electrons. The number of anilines is 2. The predicted molar refractivity (Wildman–Crippen MR) is 137 cm³/mol. The quantitative estimate of drug-likeness (QED) is 0.315. The van der Waals surface area contributed by atoms with Crippen LogP contribution in [0.4, 0.5) is 11.4 Å². The number of hydrogen-bond donors (Lipinski definition) is 1. The second kappa shape index (κ2) is 9.74. The van der Waals surface area contributed by atoms with E-state index in [0.717, 1.165) is 30.8 Å². The molecule has 1 amide bonds. The Morgan fingerprint density at radius 3 is 2.14 bits per heavy atom. The number of amides is 1. The van der Waals surface area contributed by atoms with E-state index >= 15 is 0 Å². The number of benzene rings is 2.